The van der Waals surface area contributed by atoms with Crippen molar-refractivity contribution in [3.63, 3.8) is 0 Å². The maximum Gasteiger partial charge on any atom is 0.237 e. The van der Waals surface area contributed by atoms with Crippen molar-refractivity contribution in [1.82, 2.24) is 9.80 Å². The minimum atomic E-state index is 0.316. The highest BCUT2D eigenvalue weighted by Crippen LogP contribution is 2.05. The molecule has 0 spiro atoms. The van der Waals surface area contributed by atoms with Crippen molar-refractivity contribution in [3.05, 3.63) is 0 Å². The van der Waals surface area contributed by atoms with Gasteiger partial charge >= 0.3 is 0 Å². The highest BCUT2D eigenvalue weighted by atomic mass is 27.1. The number of carbonyl (C=O) groups excluding carboxylic acids is 1. The number of carbonyl (C=O) groups is 1. The average molecular weight is 345 g/mol. The molecule has 0 aromatic rings. The zero-order chi connectivity index (χ0) is 19.0. The largest absolute Gasteiger partial charge is 0.351 e. The molecule has 0 saturated heterocycles. The van der Waals surface area contributed by atoms with Gasteiger partial charge in [-0.1, -0.05) is 57.0 Å². The quantitative estimate of drug-likeness (QED) is 0.481. The molecule has 0 aromatic heterocycles. The fourth-order valence-corrected chi connectivity index (χ4v) is 4.13. The number of amides is 1. The fourth-order valence-electron chi connectivity index (χ4n) is 2.26. The third kappa shape index (κ3) is 27.1. The molecule has 0 aliphatic rings. The van der Waals surface area contributed by atoms with Crippen molar-refractivity contribution in [3.8, 4) is 0 Å². The van der Waals surface area contributed by atoms with E-state index in [1.165, 1.54) is 15.5 Å². The monoisotopic (exact) mass is 344 g/mol. The van der Waals surface area contributed by atoms with Gasteiger partial charge in [-0.05, 0) is 34.2 Å². The van der Waals surface area contributed by atoms with Gasteiger partial charge < -0.3 is 4.90 Å². The standard InChI is InChI=1S/C8H19N.2C4H9.C3H7NO.Al.H/c1-6-9(7(2)3)8(4)5;2*1-4(2)3;1-4(2)3-5;;/h7-8H,6H2,1-5H3;2*4H,1H2,2-3H3;3H,1-2H3;;. The summed E-state index contributed by atoms with van der Waals surface area (Å²) in [5, 5.41) is 3.08. The van der Waals surface area contributed by atoms with Crippen molar-refractivity contribution in [1.29, 1.82) is 0 Å². The Morgan fingerprint density at radius 1 is 0.826 bits per heavy atom. The highest BCUT2D eigenvalue weighted by molar-refractivity contribution is 6.35. The second-order valence-corrected chi connectivity index (χ2v) is 9.67. The zero-order valence-electron chi connectivity index (χ0n) is 18.0. The molecule has 0 aromatic carbocycles. The molecule has 0 fully saturated rings. The van der Waals surface area contributed by atoms with Gasteiger partial charge in [-0.2, -0.15) is 0 Å². The smallest absolute Gasteiger partial charge is 0.237 e. The van der Waals surface area contributed by atoms with Crippen LogP contribution in [0.4, 0.5) is 0 Å². The summed E-state index contributed by atoms with van der Waals surface area (Å²) in [5.74, 6) is 1.91. The lowest BCUT2D eigenvalue weighted by Crippen LogP contribution is -2.36. The van der Waals surface area contributed by atoms with E-state index in [9.17, 15) is 4.79 Å². The van der Waals surface area contributed by atoms with Crippen LogP contribution in [-0.2, 0) is 4.79 Å². The van der Waals surface area contributed by atoms with Crippen molar-refractivity contribution in [2.75, 3.05) is 20.6 Å². The second kappa shape index (κ2) is 18.3. The molecule has 0 radical (unpaired) electrons. The second-order valence-electron chi connectivity index (χ2n) is 7.81. The molecule has 0 unspecified atom stereocenters. The molecule has 0 aliphatic heterocycles. The Kier molecular flexibility index (Phi) is 22.1. The Labute approximate surface area is 153 Å². The summed E-state index contributed by atoms with van der Waals surface area (Å²) in [7, 11) is 3.38. The zero-order valence-corrected chi connectivity index (χ0v) is 19.4. The van der Waals surface area contributed by atoms with Crippen molar-refractivity contribution >= 4 is 21.6 Å². The van der Waals surface area contributed by atoms with Crippen LogP contribution in [0.2, 0.25) is 10.6 Å². The number of hydrogen-bond donors (Lipinski definition) is 0. The van der Waals surface area contributed by atoms with Crippen LogP contribution in [0.5, 0.6) is 0 Å². The summed E-state index contributed by atoms with van der Waals surface area (Å²) in [6.07, 6.45) is 0.750. The van der Waals surface area contributed by atoms with Crippen LogP contribution in [0.15, 0.2) is 0 Å². The van der Waals surface area contributed by atoms with Gasteiger partial charge in [-0.3, -0.25) is 9.69 Å². The SMILES string of the molecule is CC(C)[CH2][AlH][CH2]C(C)C.CCN(C(C)C)C(C)C.CN(C)C=O. The van der Waals surface area contributed by atoms with Crippen LogP contribution in [-0.4, -0.2) is 64.2 Å². The van der Waals surface area contributed by atoms with Crippen LogP contribution < -0.4 is 0 Å². The summed E-state index contributed by atoms with van der Waals surface area (Å²) in [5.41, 5.74) is 0. The van der Waals surface area contributed by atoms with Gasteiger partial charge in [0.25, 0.3) is 0 Å². The molecular weight excluding hydrogens is 299 g/mol. The Morgan fingerprint density at radius 2 is 1.13 bits per heavy atom. The van der Waals surface area contributed by atoms with E-state index in [1.54, 1.807) is 14.1 Å². The third-order valence-electron chi connectivity index (χ3n) is 3.47. The lowest BCUT2D eigenvalue weighted by Gasteiger charge is -2.28. The van der Waals surface area contributed by atoms with Crippen LogP contribution in [0.25, 0.3) is 0 Å². The van der Waals surface area contributed by atoms with Gasteiger partial charge in [0.05, 0.1) is 0 Å². The molecule has 0 saturated carbocycles. The van der Waals surface area contributed by atoms with Crippen LogP contribution in [0.3, 0.4) is 0 Å². The normalized spacial score (nSPS) is 10.4. The first kappa shape index (κ1) is 27.8. The third-order valence-corrected chi connectivity index (χ3v) is 6.59. The Morgan fingerprint density at radius 3 is 1.22 bits per heavy atom. The molecule has 0 N–H and O–H groups in total. The summed E-state index contributed by atoms with van der Waals surface area (Å²) in [6.45, 7) is 21.6. The molecular formula is C19H45AlN2O. The Balaban J connectivity index is -0.000000273. The molecule has 0 rings (SSSR count). The molecule has 0 aliphatic carbocycles. The molecule has 4 heteroatoms. The maximum absolute atomic E-state index is 9.43. The van der Waals surface area contributed by atoms with Gasteiger partial charge in [0, 0.05) is 26.2 Å². The predicted molar refractivity (Wildman–Crippen MR) is 109 cm³/mol. The van der Waals surface area contributed by atoms with E-state index < -0.39 is 0 Å². The van der Waals surface area contributed by atoms with E-state index in [0.717, 1.165) is 24.8 Å². The van der Waals surface area contributed by atoms with E-state index in [4.69, 9.17) is 0 Å². The van der Waals surface area contributed by atoms with Gasteiger partial charge in [0.1, 0.15) is 0 Å². The predicted octanol–water partition coefficient (Wildman–Crippen LogP) is 4.40. The first-order valence-corrected chi connectivity index (χ1v) is 11.4. The molecule has 0 bridgehead atoms. The summed E-state index contributed by atoms with van der Waals surface area (Å²) in [6, 6.07) is 1.38. The van der Waals surface area contributed by atoms with Crippen LogP contribution in [0.1, 0.15) is 62.3 Å². The van der Waals surface area contributed by atoms with E-state index in [2.05, 4.69) is 67.2 Å². The Hall–Kier alpha value is -0.0375. The molecule has 0 atom stereocenters. The molecule has 0 heterocycles. The van der Waals surface area contributed by atoms with Crippen molar-refractivity contribution < 1.29 is 4.79 Å². The Bertz CT molecular complexity index is 226. The fraction of sp³-hybridized carbons (Fsp3) is 0.947. The summed E-state index contributed by atoms with van der Waals surface area (Å²) >= 11 is 0.316. The number of rotatable bonds is 8. The van der Waals surface area contributed by atoms with E-state index in [-0.39, 0.29) is 0 Å². The van der Waals surface area contributed by atoms with Crippen molar-refractivity contribution in [2.45, 2.75) is 85.0 Å². The summed E-state index contributed by atoms with van der Waals surface area (Å²) in [4.78, 5) is 13.3. The minimum Gasteiger partial charge on any atom is -0.351 e. The van der Waals surface area contributed by atoms with Gasteiger partial charge in [-0.15, -0.1) is 0 Å². The van der Waals surface area contributed by atoms with Gasteiger partial charge in [-0.25, -0.2) is 0 Å². The van der Waals surface area contributed by atoms with Gasteiger partial charge in [0.2, 0.25) is 21.6 Å². The van der Waals surface area contributed by atoms with E-state index in [0.29, 0.717) is 27.3 Å². The number of nitrogens with zero attached hydrogens (tertiary/aromatic N) is 2. The lowest BCUT2D eigenvalue weighted by atomic mass is 10.2. The van der Waals surface area contributed by atoms with E-state index in [1.807, 2.05) is 0 Å². The molecule has 1 amide bonds. The topological polar surface area (TPSA) is 23.6 Å². The first-order chi connectivity index (χ1) is 10.5. The first-order valence-electron chi connectivity index (χ1n) is 9.36. The minimum absolute atomic E-state index is 0.316. The van der Waals surface area contributed by atoms with Crippen LogP contribution >= 0.6 is 0 Å². The van der Waals surface area contributed by atoms with Gasteiger partial charge in [0.15, 0.2) is 0 Å². The molecule has 23 heavy (non-hydrogen) atoms. The number of hydrogen-bond acceptors (Lipinski definition) is 2. The molecule has 3 nitrogen and oxygen atoms in total. The van der Waals surface area contributed by atoms with Crippen molar-refractivity contribution in [2.24, 2.45) is 11.8 Å². The molecule has 140 valence electrons. The summed E-state index contributed by atoms with van der Waals surface area (Å²) < 4.78 is 0. The lowest BCUT2D eigenvalue weighted by molar-refractivity contribution is -0.115. The highest BCUT2D eigenvalue weighted by Gasteiger charge is 2.09. The maximum atomic E-state index is 9.43. The van der Waals surface area contributed by atoms with Crippen LogP contribution in [0, 0.1) is 11.8 Å². The average Bonchev–Trinajstić information content (AvgIpc) is 2.38. The van der Waals surface area contributed by atoms with E-state index >= 15 is 0 Å².